The van der Waals surface area contributed by atoms with Crippen LogP contribution in [0.2, 0.25) is 10.0 Å². The Bertz CT molecular complexity index is 748. The molecule has 4 nitrogen and oxygen atoms in total. The topological polar surface area (TPSA) is 30.9 Å². The van der Waals surface area contributed by atoms with Crippen LogP contribution in [0.4, 0.5) is 0 Å². The van der Waals surface area contributed by atoms with E-state index < -0.39 is 0 Å². The van der Waals surface area contributed by atoms with Gasteiger partial charge < -0.3 is 14.2 Å². The Hall–Kier alpha value is -1.46. The monoisotopic (exact) mass is 409 g/mol. The van der Waals surface area contributed by atoms with Crippen LogP contribution in [-0.4, -0.2) is 44.9 Å². The molecule has 0 N–H and O–H groups in total. The molecule has 2 aromatic rings. The lowest BCUT2D eigenvalue weighted by Crippen LogP contribution is -2.36. The molecule has 3 rings (SSSR count). The molecule has 0 bridgehead atoms. The Morgan fingerprint density at radius 1 is 1.07 bits per heavy atom. The van der Waals surface area contributed by atoms with Crippen LogP contribution in [0.15, 0.2) is 36.4 Å². The SMILES string of the molecule is COc1cccc(CCCN2CCOCC2)c1OCc1ccc(Cl)cc1Cl. The molecular formula is C21H25Cl2NO3. The van der Waals surface area contributed by atoms with Gasteiger partial charge >= 0.3 is 0 Å². The van der Waals surface area contributed by atoms with Gasteiger partial charge in [0.15, 0.2) is 11.5 Å². The molecule has 6 heteroatoms. The van der Waals surface area contributed by atoms with Gasteiger partial charge in [-0.2, -0.15) is 0 Å². The molecule has 0 saturated carbocycles. The third-order valence-corrected chi connectivity index (χ3v) is 5.28. The Kier molecular flexibility index (Phi) is 7.65. The molecule has 0 atom stereocenters. The molecule has 2 aromatic carbocycles. The number of para-hydroxylation sites is 1. The van der Waals surface area contributed by atoms with Crippen molar-refractivity contribution in [3.05, 3.63) is 57.6 Å². The van der Waals surface area contributed by atoms with Crippen molar-refractivity contribution in [2.45, 2.75) is 19.4 Å². The fraction of sp³-hybridized carbons (Fsp3) is 0.429. The van der Waals surface area contributed by atoms with Gasteiger partial charge in [0.1, 0.15) is 6.61 Å². The van der Waals surface area contributed by atoms with Crippen LogP contribution in [0, 0.1) is 0 Å². The predicted octanol–water partition coefficient (Wildman–Crippen LogP) is 4.85. The van der Waals surface area contributed by atoms with Crippen molar-refractivity contribution in [1.29, 1.82) is 0 Å². The van der Waals surface area contributed by atoms with Gasteiger partial charge in [0.25, 0.3) is 0 Å². The molecule has 1 fully saturated rings. The smallest absolute Gasteiger partial charge is 0.164 e. The highest BCUT2D eigenvalue weighted by atomic mass is 35.5. The zero-order chi connectivity index (χ0) is 19.1. The largest absolute Gasteiger partial charge is 0.493 e. The quantitative estimate of drug-likeness (QED) is 0.623. The Balaban J connectivity index is 1.65. The molecule has 1 aliphatic heterocycles. The second kappa shape index (κ2) is 10.2. The normalized spacial score (nSPS) is 14.9. The third-order valence-electron chi connectivity index (χ3n) is 4.69. The molecule has 1 aliphatic rings. The second-order valence-electron chi connectivity index (χ2n) is 6.53. The van der Waals surface area contributed by atoms with E-state index >= 15 is 0 Å². The number of morpholine rings is 1. The van der Waals surface area contributed by atoms with Crippen LogP contribution in [-0.2, 0) is 17.8 Å². The summed E-state index contributed by atoms with van der Waals surface area (Å²) in [7, 11) is 1.66. The minimum atomic E-state index is 0.368. The molecule has 0 aromatic heterocycles. The van der Waals surface area contributed by atoms with E-state index in [0.29, 0.717) is 16.7 Å². The van der Waals surface area contributed by atoms with E-state index in [9.17, 15) is 0 Å². The van der Waals surface area contributed by atoms with Gasteiger partial charge in [-0.3, -0.25) is 4.90 Å². The number of halogens is 2. The average molecular weight is 410 g/mol. The number of hydrogen-bond acceptors (Lipinski definition) is 4. The molecule has 0 radical (unpaired) electrons. The van der Waals surface area contributed by atoms with E-state index in [-0.39, 0.29) is 0 Å². The second-order valence-corrected chi connectivity index (χ2v) is 7.37. The first kappa shape index (κ1) is 20.3. The predicted molar refractivity (Wildman–Crippen MR) is 109 cm³/mol. The Morgan fingerprint density at radius 3 is 2.63 bits per heavy atom. The van der Waals surface area contributed by atoms with Crippen LogP contribution in [0.1, 0.15) is 17.5 Å². The minimum Gasteiger partial charge on any atom is -0.493 e. The summed E-state index contributed by atoms with van der Waals surface area (Å²) in [6.07, 6.45) is 1.99. The van der Waals surface area contributed by atoms with E-state index in [1.54, 1.807) is 13.2 Å². The van der Waals surface area contributed by atoms with E-state index in [0.717, 1.165) is 68.3 Å². The maximum Gasteiger partial charge on any atom is 0.164 e. The summed E-state index contributed by atoms with van der Waals surface area (Å²) in [5.74, 6) is 1.52. The molecule has 0 unspecified atom stereocenters. The number of nitrogens with zero attached hydrogens (tertiary/aromatic N) is 1. The van der Waals surface area contributed by atoms with Gasteiger partial charge in [-0.15, -0.1) is 0 Å². The van der Waals surface area contributed by atoms with E-state index in [2.05, 4.69) is 11.0 Å². The van der Waals surface area contributed by atoms with Gasteiger partial charge in [0.2, 0.25) is 0 Å². The molecule has 0 aliphatic carbocycles. The highest BCUT2D eigenvalue weighted by molar-refractivity contribution is 6.35. The van der Waals surface area contributed by atoms with Crippen molar-refractivity contribution in [2.24, 2.45) is 0 Å². The first-order valence-electron chi connectivity index (χ1n) is 9.20. The summed E-state index contributed by atoms with van der Waals surface area (Å²) in [6.45, 7) is 5.10. The van der Waals surface area contributed by atoms with Crippen molar-refractivity contribution in [3.8, 4) is 11.5 Å². The summed E-state index contributed by atoms with van der Waals surface area (Å²) >= 11 is 12.2. The number of benzene rings is 2. The number of methoxy groups -OCH3 is 1. The summed E-state index contributed by atoms with van der Waals surface area (Å²) in [4.78, 5) is 2.44. The van der Waals surface area contributed by atoms with Crippen LogP contribution >= 0.6 is 23.2 Å². The number of rotatable bonds is 8. The fourth-order valence-electron chi connectivity index (χ4n) is 3.19. The van der Waals surface area contributed by atoms with Crippen molar-refractivity contribution in [1.82, 2.24) is 4.90 Å². The van der Waals surface area contributed by atoms with Crippen molar-refractivity contribution < 1.29 is 14.2 Å². The maximum atomic E-state index is 6.27. The van der Waals surface area contributed by atoms with Crippen molar-refractivity contribution in [3.63, 3.8) is 0 Å². The van der Waals surface area contributed by atoms with Crippen LogP contribution < -0.4 is 9.47 Å². The minimum absolute atomic E-state index is 0.368. The van der Waals surface area contributed by atoms with Gasteiger partial charge in [0.05, 0.1) is 20.3 Å². The van der Waals surface area contributed by atoms with Crippen LogP contribution in [0.25, 0.3) is 0 Å². The number of ether oxygens (including phenoxy) is 3. The highest BCUT2D eigenvalue weighted by Crippen LogP contribution is 2.33. The fourth-order valence-corrected chi connectivity index (χ4v) is 3.65. The lowest BCUT2D eigenvalue weighted by Gasteiger charge is -2.26. The van der Waals surface area contributed by atoms with Crippen LogP contribution in [0.3, 0.4) is 0 Å². The lowest BCUT2D eigenvalue weighted by atomic mass is 10.1. The van der Waals surface area contributed by atoms with Crippen LogP contribution in [0.5, 0.6) is 11.5 Å². The lowest BCUT2D eigenvalue weighted by molar-refractivity contribution is 0.0374. The summed E-state index contributed by atoms with van der Waals surface area (Å²) in [5, 5.41) is 1.22. The maximum absolute atomic E-state index is 6.27. The molecule has 1 saturated heterocycles. The average Bonchev–Trinajstić information content (AvgIpc) is 2.68. The van der Waals surface area contributed by atoms with Gasteiger partial charge in [0, 0.05) is 28.7 Å². The first-order chi connectivity index (χ1) is 13.2. The van der Waals surface area contributed by atoms with E-state index in [1.165, 1.54) is 0 Å². The van der Waals surface area contributed by atoms with Gasteiger partial charge in [-0.1, -0.05) is 41.4 Å². The highest BCUT2D eigenvalue weighted by Gasteiger charge is 2.14. The summed E-state index contributed by atoms with van der Waals surface area (Å²) < 4.78 is 17.0. The van der Waals surface area contributed by atoms with Gasteiger partial charge in [-0.05, 0) is 43.1 Å². The summed E-state index contributed by atoms with van der Waals surface area (Å²) in [6, 6.07) is 11.5. The van der Waals surface area contributed by atoms with Crippen molar-refractivity contribution >= 4 is 23.2 Å². The molecule has 27 heavy (non-hydrogen) atoms. The molecule has 146 valence electrons. The van der Waals surface area contributed by atoms with E-state index in [1.807, 2.05) is 24.3 Å². The van der Waals surface area contributed by atoms with E-state index in [4.69, 9.17) is 37.4 Å². The summed E-state index contributed by atoms with van der Waals surface area (Å²) in [5.41, 5.74) is 2.04. The third kappa shape index (κ3) is 5.76. The number of aryl methyl sites for hydroxylation is 1. The first-order valence-corrected chi connectivity index (χ1v) is 9.95. The molecular weight excluding hydrogens is 385 g/mol. The van der Waals surface area contributed by atoms with Gasteiger partial charge in [-0.25, -0.2) is 0 Å². The Labute approximate surface area is 170 Å². The standard InChI is InChI=1S/C21H25Cl2NO3/c1-25-20-6-2-4-16(5-3-9-24-10-12-26-13-11-24)21(20)27-15-17-7-8-18(22)14-19(17)23/h2,4,6-8,14H,3,5,9-13,15H2,1H3. The molecule has 0 amide bonds. The molecule has 0 spiro atoms. The number of hydrogen-bond donors (Lipinski definition) is 0. The Morgan fingerprint density at radius 2 is 1.89 bits per heavy atom. The molecule has 1 heterocycles. The van der Waals surface area contributed by atoms with Crippen molar-refractivity contribution in [2.75, 3.05) is 40.0 Å². The zero-order valence-corrected chi connectivity index (χ0v) is 17.1. The zero-order valence-electron chi connectivity index (χ0n) is 15.5.